The molecule has 2 nitrogen and oxygen atoms in total. The monoisotopic (exact) mass is 350 g/mol. The molecule has 1 atom stereocenters. The lowest BCUT2D eigenvalue weighted by atomic mass is 10.0. The van der Waals surface area contributed by atoms with Gasteiger partial charge in [-0.25, -0.2) is 0 Å². The Balaban J connectivity index is 1.53. The van der Waals surface area contributed by atoms with Crippen LogP contribution in [0.25, 0.3) is 0 Å². The van der Waals surface area contributed by atoms with Gasteiger partial charge in [-0.15, -0.1) is 11.3 Å². The van der Waals surface area contributed by atoms with Crippen LogP contribution < -0.4 is 5.32 Å². The Kier molecular flexibility index (Phi) is 4.44. The summed E-state index contributed by atoms with van der Waals surface area (Å²) in [4.78, 5) is 4.15. The molecule has 0 saturated carbocycles. The molecule has 1 aromatic heterocycles. The lowest BCUT2D eigenvalue weighted by Crippen LogP contribution is -2.36. The number of hydrogen-bond acceptors (Lipinski definition) is 3. The normalized spacial score (nSPS) is 18.8. The standard InChI is InChI=1S/C16H19BrN2S/c1-12-15-7-11-20-16(15)6-9-19(12)10-8-18-14-4-2-13(17)3-5-14/h2-5,7,11-12,18H,6,8-10H2,1H3. The maximum Gasteiger partial charge on any atom is 0.0341 e. The molecule has 3 rings (SSSR count). The van der Waals surface area contributed by atoms with E-state index in [4.69, 9.17) is 0 Å². The van der Waals surface area contributed by atoms with Crippen molar-refractivity contribution < 1.29 is 0 Å². The van der Waals surface area contributed by atoms with Crippen LogP contribution in [0.4, 0.5) is 5.69 Å². The summed E-state index contributed by atoms with van der Waals surface area (Å²) in [6, 6.07) is 11.2. The number of nitrogens with zero attached hydrogens (tertiary/aromatic N) is 1. The zero-order valence-electron chi connectivity index (χ0n) is 11.6. The predicted octanol–water partition coefficient (Wildman–Crippen LogP) is 4.54. The van der Waals surface area contributed by atoms with Gasteiger partial charge < -0.3 is 5.32 Å². The van der Waals surface area contributed by atoms with E-state index in [-0.39, 0.29) is 0 Å². The van der Waals surface area contributed by atoms with Gasteiger partial charge >= 0.3 is 0 Å². The third-order valence-corrected chi connectivity index (χ3v) is 5.50. The summed E-state index contributed by atoms with van der Waals surface area (Å²) in [5.41, 5.74) is 2.72. The van der Waals surface area contributed by atoms with E-state index >= 15 is 0 Å². The molecule has 106 valence electrons. The van der Waals surface area contributed by atoms with Gasteiger partial charge in [0.05, 0.1) is 0 Å². The molecule has 4 heteroatoms. The molecule has 1 aromatic carbocycles. The Morgan fingerprint density at radius 1 is 1.30 bits per heavy atom. The summed E-state index contributed by atoms with van der Waals surface area (Å²) >= 11 is 5.37. The van der Waals surface area contributed by atoms with Crippen LogP contribution in [-0.2, 0) is 6.42 Å². The third-order valence-electron chi connectivity index (χ3n) is 3.98. The second kappa shape index (κ2) is 6.29. The van der Waals surface area contributed by atoms with Gasteiger partial charge in [0.15, 0.2) is 0 Å². The topological polar surface area (TPSA) is 15.3 Å². The van der Waals surface area contributed by atoms with E-state index in [0.717, 1.165) is 17.6 Å². The number of hydrogen-bond donors (Lipinski definition) is 1. The first-order valence-corrected chi connectivity index (χ1v) is 8.71. The van der Waals surface area contributed by atoms with Crippen LogP contribution in [0.2, 0.25) is 0 Å². The molecular formula is C16H19BrN2S. The van der Waals surface area contributed by atoms with Crippen LogP contribution in [0.3, 0.4) is 0 Å². The first kappa shape index (κ1) is 14.1. The van der Waals surface area contributed by atoms with E-state index in [9.17, 15) is 0 Å². The number of halogens is 1. The van der Waals surface area contributed by atoms with Gasteiger partial charge in [-0.05, 0) is 54.6 Å². The average Bonchev–Trinajstić information content (AvgIpc) is 2.93. The number of fused-ring (bicyclic) bond motifs is 1. The summed E-state index contributed by atoms with van der Waals surface area (Å²) in [5, 5.41) is 5.72. The third kappa shape index (κ3) is 3.08. The van der Waals surface area contributed by atoms with E-state index in [2.05, 4.69) is 68.8 Å². The molecule has 1 aliphatic rings. The average molecular weight is 351 g/mol. The maximum absolute atomic E-state index is 3.50. The lowest BCUT2D eigenvalue weighted by Gasteiger charge is -2.33. The second-order valence-corrected chi connectivity index (χ2v) is 7.11. The van der Waals surface area contributed by atoms with Gasteiger partial charge in [0.2, 0.25) is 0 Å². The molecular weight excluding hydrogens is 332 g/mol. The number of thiophene rings is 1. The summed E-state index contributed by atoms with van der Waals surface area (Å²) < 4.78 is 1.12. The second-order valence-electron chi connectivity index (χ2n) is 5.19. The summed E-state index contributed by atoms with van der Waals surface area (Å²) in [5.74, 6) is 0. The van der Waals surface area contributed by atoms with Crippen molar-refractivity contribution in [2.24, 2.45) is 0 Å². The van der Waals surface area contributed by atoms with E-state index < -0.39 is 0 Å². The molecule has 0 aliphatic carbocycles. The molecule has 0 amide bonds. The van der Waals surface area contributed by atoms with Gasteiger partial charge in [0.1, 0.15) is 0 Å². The molecule has 2 heterocycles. The highest BCUT2D eigenvalue weighted by Gasteiger charge is 2.23. The minimum Gasteiger partial charge on any atom is -0.384 e. The van der Waals surface area contributed by atoms with E-state index in [1.807, 2.05) is 11.3 Å². The summed E-state index contributed by atoms with van der Waals surface area (Å²) in [6.07, 6.45) is 1.20. The molecule has 0 bridgehead atoms. The van der Waals surface area contributed by atoms with Gasteiger partial charge in [-0.1, -0.05) is 15.9 Å². The molecule has 1 N–H and O–H groups in total. The Bertz CT molecular complexity index is 564. The first-order chi connectivity index (χ1) is 9.74. The molecule has 1 aliphatic heterocycles. The largest absolute Gasteiger partial charge is 0.384 e. The highest BCUT2D eigenvalue weighted by atomic mass is 79.9. The Morgan fingerprint density at radius 2 is 2.10 bits per heavy atom. The summed E-state index contributed by atoms with van der Waals surface area (Å²) in [6.45, 7) is 5.58. The zero-order valence-corrected chi connectivity index (χ0v) is 14.0. The van der Waals surface area contributed by atoms with Gasteiger partial charge in [0.25, 0.3) is 0 Å². The van der Waals surface area contributed by atoms with Crippen molar-refractivity contribution in [3.63, 3.8) is 0 Å². The minimum absolute atomic E-state index is 0.553. The summed E-state index contributed by atoms with van der Waals surface area (Å²) in [7, 11) is 0. The molecule has 0 radical (unpaired) electrons. The van der Waals surface area contributed by atoms with Crippen molar-refractivity contribution >= 4 is 33.0 Å². The number of anilines is 1. The van der Waals surface area contributed by atoms with E-state index in [1.165, 1.54) is 24.2 Å². The lowest BCUT2D eigenvalue weighted by molar-refractivity contribution is 0.208. The van der Waals surface area contributed by atoms with Crippen molar-refractivity contribution in [1.29, 1.82) is 0 Å². The molecule has 1 unspecified atom stereocenters. The Hall–Kier alpha value is -0.840. The van der Waals surface area contributed by atoms with Crippen LogP contribution in [0.1, 0.15) is 23.4 Å². The fourth-order valence-electron chi connectivity index (χ4n) is 2.78. The fourth-order valence-corrected chi connectivity index (χ4v) is 4.01. The Labute approximate surface area is 132 Å². The van der Waals surface area contributed by atoms with Crippen LogP contribution >= 0.6 is 27.3 Å². The molecule has 0 fully saturated rings. The van der Waals surface area contributed by atoms with Crippen LogP contribution in [0.15, 0.2) is 40.2 Å². The zero-order chi connectivity index (χ0) is 13.9. The molecule has 2 aromatic rings. The van der Waals surface area contributed by atoms with Gasteiger partial charge in [-0.3, -0.25) is 4.90 Å². The van der Waals surface area contributed by atoms with E-state index in [0.29, 0.717) is 6.04 Å². The van der Waals surface area contributed by atoms with Crippen LogP contribution in [-0.4, -0.2) is 24.5 Å². The van der Waals surface area contributed by atoms with Gasteiger partial charge in [0, 0.05) is 40.7 Å². The minimum atomic E-state index is 0.553. The van der Waals surface area contributed by atoms with Crippen LogP contribution in [0.5, 0.6) is 0 Å². The SMILES string of the molecule is CC1c2ccsc2CCN1CCNc1ccc(Br)cc1. The smallest absolute Gasteiger partial charge is 0.0341 e. The predicted molar refractivity (Wildman–Crippen MR) is 90.6 cm³/mol. The maximum atomic E-state index is 3.50. The van der Waals surface area contributed by atoms with Crippen LogP contribution in [0, 0.1) is 0 Å². The quantitative estimate of drug-likeness (QED) is 0.870. The molecule has 20 heavy (non-hydrogen) atoms. The van der Waals surface area contributed by atoms with Crippen molar-refractivity contribution in [2.45, 2.75) is 19.4 Å². The first-order valence-electron chi connectivity index (χ1n) is 7.04. The van der Waals surface area contributed by atoms with Crippen molar-refractivity contribution in [3.05, 3.63) is 50.6 Å². The van der Waals surface area contributed by atoms with Crippen molar-refractivity contribution in [1.82, 2.24) is 4.90 Å². The number of rotatable bonds is 4. The number of benzene rings is 1. The molecule has 0 spiro atoms. The van der Waals surface area contributed by atoms with E-state index in [1.54, 1.807) is 4.88 Å². The highest BCUT2D eigenvalue weighted by Crippen LogP contribution is 2.32. The van der Waals surface area contributed by atoms with Crippen molar-refractivity contribution in [2.75, 3.05) is 25.0 Å². The van der Waals surface area contributed by atoms with Gasteiger partial charge in [-0.2, -0.15) is 0 Å². The molecule has 0 saturated heterocycles. The Morgan fingerprint density at radius 3 is 2.90 bits per heavy atom. The number of nitrogens with one attached hydrogen (secondary N) is 1. The highest BCUT2D eigenvalue weighted by molar-refractivity contribution is 9.10. The fraction of sp³-hybridized carbons (Fsp3) is 0.375. The van der Waals surface area contributed by atoms with Crippen molar-refractivity contribution in [3.8, 4) is 0 Å².